The van der Waals surface area contributed by atoms with E-state index in [1.807, 2.05) is 49.5 Å². The van der Waals surface area contributed by atoms with Crippen LogP contribution in [0.25, 0.3) is 0 Å². The smallest absolute Gasteiger partial charge is 0.228 e. The van der Waals surface area contributed by atoms with Crippen LogP contribution in [0.4, 0.5) is 17.3 Å². The zero-order valence-corrected chi connectivity index (χ0v) is 16.9. The first-order chi connectivity index (χ1) is 14.2. The Morgan fingerprint density at radius 3 is 2.48 bits per heavy atom. The number of aromatic nitrogens is 2. The maximum atomic E-state index is 8.94. The van der Waals surface area contributed by atoms with Crippen molar-refractivity contribution in [2.75, 3.05) is 36.5 Å². The number of hydrogen-bond donors (Lipinski definition) is 1. The van der Waals surface area contributed by atoms with E-state index in [0.717, 1.165) is 47.5 Å². The highest BCUT2D eigenvalue weighted by atomic mass is 32.2. The molecule has 29 heavy (non-hydrogen) atoms. The van der Waals surface area contributed by atoms with Crippen LogP contribution in [0.5, 0.6) is 0 Å². The van der Waals surface area contributed by atoms with Crippen LogP contribution < -0.4 is 10.2 Å². The second-order valence-electron chi connectivity index (χ2n) is 6.69. The molecule has 2 aromatic carbocycles. The Balaban J connectivity index is 1.46. The number of nitriles is 1. The molecule has 0 spiro atoms. The predicted molar refractivity (Wildman–Crippen MR) is 115 cm³/mol. The lowest BCUT2D eigenvalue weighted by Gasteiger charge is -2.28. The van der Waals surface area contributed by atoms with Gasteiger partial charge in [-0.2, -0.15) is 5.26 Å². The zero-order valence-electron chi connectivity index (χ0n) is 16.1. The van der Waals surface area contributed by atoms with Gasteiger partial charge in [-0.15, -0.1) is 0 Å². The van der Waals surface area contributed by atoms with Crippen molar-refractivity contribution in [1.29, 1.82) is 5.26 Å². The maximum absolute atomic E-state index is 8.94. The van der Waals surface area contributed by atoms with Crippen LogP contribution in [-0.4, -0.2) is 36.3 Å². The van der Waals surface area contributed by atoms with E-state index in [9.17, 15) is 0 Å². The fourth-order valence-electron chi connectivity index (χ4n) is 3.01. The van der Waals surface area contributed by atoms with E-state index < -0.39 is 0 Å². The monoisotopic (exact) mass is 403 g/mol. The first kappa shape index (κ1) is 19.2. The van der Waals surface area contributed by atoms with Gasteiger partial charge in [0.05, 0.1) is 24.8 Å². The second-order valence-corrected chi connectivity index (χ2v) is 7.75. The minimum Gasteiger partial charge on any atom is -0.378 e. The van der Waals surface area contributed by atoms with E-state index in [1.54, 1.807) is 11.8 Å². The van der Waals surface area contributed by atoms with Crippen molar-refractivity contribution in [3.05, 3.63) is 65.9 Å². The largest absolute Gasteiger partial charge is 0.378 e. The summed E-state index contributed by atoms with van der Waals surface area (Å²) in [7, 11) is 0. The van der Waals surface area contributed by atoms with Gasteiger partial charge in [0.15, 0.2) is 0 Å². The molecule has 7 heteroatoms. The minimum absolute atomic E-state index is 0.561. The average molecular weight is 404 g/mol. The van der Waals surface area contributed by atoms with E-state index in [2.05, 4.69) is 38.4 Å². The van der Waals surface area contributed by atoms with Crippen LogP contribution in [0.3, 0.4) is 0 Å². The van der Waals surface area contributed by atoms with Crippen molar-refractivity contribution in [3.8, 4) is 6.07 Å². The number of anilines is 3. The Kier molecular flexibility index (Phi) is 5.94. The molecule has 0 saturated carbocycles. The summed E-state index contributed by atoms with van der Waals surface area (Å²) >= 11 is 1.56. The van der Waals surface area contributed by atoms with Gasteiger partial charge in [0.2, 0.25) is 5.95 Å². The van der Waals surface area contributed by atoms with Crippen LogP contribution in [-0.2, 0) is 4.74 Å². The van der Waals surface area contributed by atoms with Gasteiger partial charge >= 0.3 is 0 Å². The highest BCUT2D eigenvalue weighted by molar-refractivity contribution is 7.99. The van der Waals surface area contributed by atoms with Gasteiger partial charge in [-0.25, -0.2) is 9.97 Å². The quantitative estimate of drug-likeness (QED) is 0.633. The standard InChI is InChI=1S/C22H21N5OS/c1-16-15-24-22(26-21(16)29-20-8-2-17(14-23)3-9-20)25-18-4-6-19(7-5-18)27-10-12-28-13-11-27/h2-9,15H,10-13H2,1H3,(H,24,25,26). The van der Waals surface area contributed by atoms with Gasteiger partial charge in [-0.05, 0) is 55.5 Å². The summed E-state index contributed by atoms with van der Waals surface area (Å²) in [4.78, 5) is 12.4. The van der Waals surface area contributed by atoms with Crippen molar-refractivity contribution < 1.29 is 4.74 Å². The highest BCUT2D eigenvalue weighted by Gasteiger charge is 2.11. The summed E-state index contributed by atoms with van der Waals surface area (Å²) in [5, 5.41) is 13.1. The number of benzene rings is 2. The number of aryl methyl sites for hydroxylation is 1. The van der Waals surface area contributed by atoms with Crippen LogP contribution in [0.2, 0.25) is 0 Å². The summed E-state index contributed by atoms with van der Waals surface area (Å²) < 4.78 is 5.41. The normalized spacial score (nSPS) is 13.7. The molecule has 0 radical (unpaired) electrons. The Morgan fingerprint density at radius 2 is 1.79 bits per heavy atom. The topological polar surface area (TPSA) is 74.1 Å². The number of ether oxygens (including phenoxy) is 1. The summed E-state index contributed by atoms with van der Waals surface area (Å²) in [6, 6.07) is 17.9. The lowest BCUT2D eigenvalue weighted by Crippen LogP contribution is -2.36. The lowest BCUT2D eigenvalue weighted by molar-refractivity contribution is 0.122. The third kappa shape index (κ3) is 4.86. The molecule has 0 bridgehead atoms. The summed E-state index contributed by atoms with van der Waals surface area (Å²) in [5.74, 6) is 0.561. The molecule has 0 atom stereocenters. The van der Waals surface area contributed by atoms with E-state index in [0.29, 0.717) is 11.5 Å². The van der Waals surface area contributed by atoms with Crippen molar-refractivity contribution in [2.45, 2.75) is 16.8 Å². The SMILES string of the molecule is Cc1cnc(Nc2ccc(N3CCOCC3)cc2)nc1Sc1ccc(C#N)cc1. The van der Waals surface area contributed by atoms with Gasteiger partial charge in [0.25, 0.3) is 0 Å². The summed E-state index contributed by atoms with van der Waals surface area (Å²) in [6.45, 7) is 5.38. The molecule has 2 heterocycles. The van der Waals surface area contributed by atoms with Gasteiger partial charge in [-0.1, -0.05) is 11.8 Å². The number of nitrogens with one attached hydrogen (secondary N) is 1. The average Bonchev–Trinajstić information content (AvgIpc) is 2.78. The Labute approximate surface area is 174 Å². The molecule has 0 unspecified atom stereocenters. The zero-order chi connectivity index (χ0) is 20.1. The van der Waals surface area contributed by atoms with E-state index in [1.165, 1.54) is 5.69 Å². The van der Waals surface area contributed by atoms with Crippen LogP contribution >= 0.6 is 11.8 Å². The molecule has 3 aromatic rings. The maximum Gasteiger partial charge on any atom is 0.228 e. The fraction of sp³-hybridized carbons (Fsp3) is 0.227. The molecule has 1 fully saturated rings. The van der Waals surface area contributed by atoms with Gasteiger partial charge < -0.3 is 15.0 Å². The Bertz CT molecular complexity index is 1010. The molecule has 4 rings (SSSR count). The van der Waals surface area contributed by atoms with Crippen LogP contribution in [0.1, 0.15) is 11.1 Å². The molecule has 1 aliphatic heterocycles. The van der Waals surface area contributed by atoms with E-state index >= 15 is 0 Å². The molecule has 1 saturated heterocycles. The number of hydrogen-bond acceptors (Lipinski definition) is 7. The minimum atomic E-state index is 0.561. The molecule has 146 valence electrons. The van der Waals surface area contributed by atoms with Crippen molar-refractivity contribution in [3.63, 3.8) is 0 Å². The predicted octanol–water partition coefficient (Wildman–Crippen LogP) is 4.39. The summed E-state index contributed by atoms with van der Waals surface area (Å²) in [6.07, 6.45) is 1.82. The van der Waals surface area contributed by atoms with E-state index in [4.69, 9.17) is 10.00 Å². The highest BCUT2D eigenvalue weighted by Crippen LogP contribution is 2.30. The molecule has 1 N–H and O–H groups in total. The van der Waals surface area contributed by atoms with Gasteiger partial charge in [0, 0.05) is 41.1 Å². The molecule has 6 nitrogen and oxygen atoms in total. The molecule has 1 aromatic heterocycles. The second kappa shape index (κ2) is 8.95. The third-order valence-corrected chi connectivity index (χ3v) is 5.74. The van der Waals surface area contributed by atoms with Crippen molar-refractivity contribution in [2.24, 2.45) is 0 Å². The van der Waals surface area contributed by atoms with Gasteiger partial charge in [0.1, 0.15) is 5.03 Å². The molecular weight excluding hydrogens is 382 g/mol. The third-order valence-electron chi connectivity index (χ3n) is 4.62. The number of morpholine rings is 1. The molecule has 0 amide bonds. The first-order valence-corrected chi connectivity index (χ1v) is 10.2. The van der Waals surface area contributed by atoms with Crippen LogP contribution in [0, 0.1) is 18.3 Å². The Hall–Kier alpha value is -3.08. The first-order valence-electron chi connectivity index (χ1n) is 9.43. The fourth-order valence-corrected chi connectivity index (χ4v) is 3.85. The van der Waals surface area contributed by atoms with Gasteiger partial charge in [-0.3, -0.25) is 0 Å². The molecular formula is C22H21N5OS. The number of nitrogens with zero attached hydrogens (tertiary/aromatic N) is 4. The van der Waals surface area contributed by atoms with E-state index in [-0.39, 0.29) is 0 Å². The van der Waals surface area contributed by atoms with Crippen molar-refractivity contribution >= 4 is 29.1 Å². The Morgan fingerprint density at radius 1 is 1.07 bits per heavy atom. The lowest BCUT2D eigenvalue weighted by atomic mass is 10.2. The summed E-state index contributed by atoms with van der Waals surface area (Å²) in [5.41, 5.74) is 3.80. The number of rotatable bonds is 5. The van der Waals surface area contributed by atoms with Crippen molar-refractivity contribution in [1.82, 2.24) is 9.97 Å². The molecule has 1 aliphatic rings. The van der Waals surface area contributed by atoms with Crippen LogP contribution in [0.15, 0.2) is 64.6 Å². The molecule has 0 aliphatic carbocycles.